The van der Waals surface area contributed by atoms with Gasteiger partial charge >= 0.3 is 5.97 Å². The number of rotatable bonds is 4. The van der Waals surface area contributed by atoms with Gasteiger partial charge < -0.3 is 5.11 Å². The zero-order chi connectivity index (χ0) is 14.8. The molecule has 0 saturated carbocycles. The summed E-state index contributed by atoms with van der Waals surface area (Å²) in [6.45, 7) is 0. The maximum atomic E-state index is 12.0. The van der Waals surface area contributed by atoms with E-state index in [2.05, 4.69) is 9.71 Å². The van der Waals surface area contributed by atoms with Crippen molar-refractivity contribution >= 4 is 33.3 Å². The van der Waals surface area contributed by atoms with E-state index in [0.717, 1.165) is 6.20 Å². The normalized spacial score (nSPS) is 11.1. The number of nitrogens with zero attached hydrogens (tertiary/aromatic N) is 1. The highest BCUT2D eigenvalue weighted by molar-refractivity contribution is 7.92. The Hall–Kier alpha value is -2.12. The van der Waals surface area contributed by atoms with Crippen LogP contribution < -0.4 is 4.72 Å². The number of pyridine rings is 1. The number of nitrogens with one attached hydrogen (secondary N) is 1. The molecule has 0 bridgehead atoms. The highest BCUT2D eigenvalue weighted by Crippen LogP contribution is 2.17. The van der Waals surface area contributed by atoms with Crippen LogP contribution in [-0.2, 0) is 10.0 Å². The van der Waals surface area contributed by atoms with E-state index >= 15 is 0 Å². The molecule has 0 aliphatic carbocycles. The second kappa shape index (κ2) is 5.48. The minimum absolute atomic E-state index is 0.0378. The minimum Gasteiger partial charge on any atom is -0.478 e. The number of hydrogen-bond acceptors (Lipinski definition) is 4. The first-order valence-corrected chi connectivity index (χ1v) is 7.22. The van der Waals surface area contributed by atoms with Gasteiger partial charge in [0.25, 0.3) is 10.0 Å². The molecule has 0 radical (unpaired) electrons. The minimum atomic E-state index is -3.78. The van der Waals surface area contributed by atoms with Crippen molar-refractivity contribution in [3.63, 3.8) is 0 Å². The molecular weight excluding hydrogens is 304 g/mol. The monoisotopic (exact) mass is 312 g/mol. The van der Waals surface area contributed by atoms with Crippen molar-refractivity contribution in [2.75, 3.05) is 4.72 Å². The first kappa shape index (κ1) is 14.3. The first-order chi connectivity index (χ1) is 9.38. The number of anilines is 1. The van der Waals surface area contributed by atoms with E-state index in [9.17, 15) is 13.2 Å². The molecule has 0 unspecified atom stereocenters. The van der Waals surface area contributed by atoms with Crippen LogP contribution in [0.5, 0.6) is 0 Å². The smallest absolute Gasteiger partial charge is 0.335 e. The van der Waals surface area contributed by atoms with Gasteiger partial charge in [-0.25, -0.2) is 18.2 Å². The van der Waals surface area contributed by atoms with Crippen LogP contribution in [0, 0.1) is 0 Å². The van der Waals surface area contributed by atoms with Gasteiger partial charge in [-0.2, -0.15) is 0 Å². The highest BCUT2D eigenvalue weighted by atomic mass is 35.5. The van der Waals surface area contributed by atoms with Crippen LogP contribution in [0.4, 0.5) is 5.69 Å². The second-order valence-electron chi connectivity index (χ2n) is 3.80. The lowest BCUT2D eigenvalue weighted by Gasteiger charge is -2.07. The van der Waals surface area contributed by atoms with E-state index in [1.807, 2.05) is 0 Å². The maximum Gasteiger partial charge on any atom is 0.335 e. The van der Waals surface area contributed by atoms with Crippen molar-refractivity contribution in [2.24, 2.45) is 0 Å². The van der Waals surface area contributed by atoms with Crippen LogP contribution in [0.15, 0.2) is 47.5 Å². The van der Waals surface area contributed by atoms with Crippen LogP contribution in [0.2, 0.25) is 5.15 Å². The molecule has 8 heteroatoms. The number of aromatic carboxylic acids is 1. The lowest BCUT2D eigenvalue weighted by atomic mass is 10.2. The van der Waals surface area contributed by atoms with E-state index in [1.165, 1.54) is 36.4 Å². The van der Waals surface area contributed by atoms with E-state index in [0.29, 0.717) is 0 Å². The van der Waals surface area contributed by atoms with Gasteiger partial charge in [0.05, 0.1) is 5.56 Å². The van der Waals surface area contributed by atoms with Gasteiger partial charge in [-0.3, -0.25) is 4.72 Å². The first-order valence-electron chi connectivity index (χ1n) is 5.36. The summed E-state index contributed by atoms with van der Waals surface area (Å²) in [5.74, 6) is -1.08. The molecule has 2 N–H and O–H groups in total. The highest BCUT2D eigenvalue weighted by Gasteiger charge is 2.14. The Morgan fingerprint density at radius 2 is 1.80 bits per heavy atom. The van der Waals surface area contributed by atoms with E-state index in [1.54, 1.807) is 0 Å². The summed E-state index contributed by atoms with van der Waals surface area (Å²) in [6, 6.07) is 8.03. The number of carboxylic acid groups (broad SMARTS) is 1. The Morgan fingerprint density at radius 1 is 1.15 bits per heavy atom. The largest absolute Gasteiger partial charge is 0.478 e. The quantitative estimate of drug-likeness (QED) is 0.844. The lowest BCUT2D eigenvalue weighted by molar-refractivity contribution is 0.0697. The number of benzene rings is 1. The van der Waals surface area contributed by atoms with Crippen molar-refractivity contribution in [1.29, 1.82) is 0 Å². The zero-order valence-electron chi connectivity index (χ0n) is 9.95. The van der Waals surface area contributed by atoms with E-state index in [4.69, 9.17) is 16.7 Å². The van der Waals surface area contributed by atoms with E-state index in [-0.39, 0.29) is 21.3 Å². The molecule has 2 aromatic rings. The molecular formula is C12H9ClN2O4S. The lowest BCUT2D eigenvalue weighted by Crippen LogP contribution is -2.13. The number of carbonyl (C=O) groups is 1. The molecule has 0 amide bonds. The summed E-state index contributed by atoms with van der Waals surface area (Å²) in [5.41, 5.74) is 0.325. The molecule has 0 atom stereocenters. The Kier molecular flexibility index (Phi) is 3.91. The Bertz CT molecular complexity index is 727. The van der Waals surface area contributed by atoms with Gasteiger partial charge in [0.15, 0.2) is 0 Å². The van der Waals surface area contributed by atoms with Crippen molar-refractivity contribution < 1.29 is 18.3 Å². The Labute approximate surface area is 120 Å². The van der Waals surface area contributed by atoms with Gasteiger partial charge in [-0.05, 0) is 36.4 Å². The zero-order valence-corrected chi connectivity index (χ0v) is 11.5. The fourth-order valence-corrected chi connectivity index (χ4v) is 2.53. The maximum absolute atomic E-state index is 12.0. The molecule has 0 aliphatic heterocycles. The van der Waals surface area contributed by atoms with Crippen LogP contribution in [-0.4, -0.2) is 24.5 Å². The van der Waals surface area contributed by atoms with Crippen molar-refractivity contribution in [1.82, 2.24) is 4.98 Å². The second-order valence-corrected chi connectivity index (χ2v) is 5.87. The Morgan fingerprint density at radius 3 is 2.30 bits per heavy atom. The Balaban J connectivity index is 2.24. The number of aromatic nitrogens is 1. The summed E-state index contributed by atoms with van der Waals surface area (Å²) in [4.78, 5) is 14.3. The fourth-order valence-electron chi connectivity index (χ4n) is 1.42. The molecule has 6 nitrogen and oxygen atoms in total. The standard InChI is InChI=1S/C12H9ClN2O4S/c13-11-6-5-10(7-14-11)20(18,19)15-9-3-1-8(2-4-9)12(16)17/h1-7,15H,(H,16,17). The third-order valence-electron chi connectivity index (χ3n) is 2.39. The molecule has 20 heavy (non-hydrogen) atoms. The summed E-state index contributed by atoms with van der Waals surface area (Å²) in [7, 11) is -3.78. The predicted molar refractivity (Wildman–Crippen MR) is 73.5 cm³/mol. The van der Waals surface area contributed by atoms with Gasteiger partial charge in [0, 0.05) is 11.9 Å². The van der Waals surface area contributed by atoms with Gasteiger partial charge in [-0.1, -0.05) is 11.6 Å². The number of halogens is 1. The summed E-state index contributed by atoms with van der Waals surface area (Å²) >= 11 is 5.59. The molecule has 0 saturated heterocycles. The average molecular weight is 313 g/mol. The summed E-state index contributed by atoms with van der Waals surface area (Å²) < 4.78 is 26.4. The predicted octanol–water partition coefficient (Wildman–Crippen LogP) is 2.23. The van der Waals surface area contributed by atoms with Gasteiger partial charge in [-0.15, -0.1) is 0 Å². The number of carboxylic acids is 1. The average Bonchev–Trinajstić information content (AvgIpc) is 2.39. The van der Waals surface area contributed by atoms with Crippen molar-refractivity contribution in [3.05, 3.63) is 53.3 Å². The molecule has 2 rings (SSSR count). The fraction of sp³-hybridized carbons (Fsp3) is 0. The third kappa shape index (κ3) is 3.25. The molecule has 0 spiro atoms. The summed E-state index contributed by atoms with van der Waals surface area (Å²) in [5, 5.41) is 8.94. The molecule has 0 aliphatic rings. The van der Waals surface area contributed by atoms with E-state index < -0.39 is 16.0 Å². The SMILES string of the molecule is O=C(O)c1ccc(NS(=O)(=O)c2ccc(Cl)nc2)cc1. The molecule has 1 aromatic heterocycles. The summed E-state index contributed by atoms with van der Waals surface area (Å²) in [6.07, 6.45) is 1.14. The van der Waals surface area contributed by atoms with Gasteiger partial charge in [0.1, 0.15) is 10.0 Å². The third-order valence-corrected chi connectivity index (χ3v) is 3.98. The topological polar surface area (TPSA) is 96.4 Å². The van der Waals surface area contributed by atoms with Gasteiger partial charge in [0.2, 0.25) is 0 Å². The van der Waals surface area contributed by atoms with Crippen molar-refractivity contribution in [2.45, 2.75) is 4.90 Å². The van der Waals surface area contributed by atoms with Crippen LogP contribution in [0.3, 0.4) is 0 Å². The van der Waals surface area contributed by atoms with Crippen LogP contribution in [0.1, 0.15) is 10.4 Å². The number of sulfonamides is 1. The molecule has 1 aromatic carbocycles. The van der Waals surface area contributed by atoms with Crippen molar-refractivity contribution in [3.8, 4) is 0 Å². The molecule has 104 valence electrons. The van der Waals surface area contributed by atoms with Crippen LogP contribution >= 0.6 is 11.6 Å². The van der Waals surface area contributed by atoms with Crippen LogP contribution in [0.25, 0.3) is 0 Å². The number of hydrogen-bond donors (Lipinski definition) is 2. The molecule has 0 fully saturated rings. The molecule has 1 heterocycles.